The fourth-order valence-electron chi connectivity index (χ4n) is 5.61. The normalized spacial score (nSPS) is 21.1. The Morgan fingerprint density at radius 3 is 1.02 bits per heavy atom. The van der Waals surface area contributed by atoms with Crippen LogP contribution in [-0.2, 0) is 19.5 Å². The van der Waals surface area contributed by atoms with E-state index in [1.807, 2.05) is 24.3 Å². The maximum Gasteiger partial charge on any atom is 8.00 e. The Morgan fingerprint density at radius 1 is 0.452 bits per heavy atom. The Labute approximate surface area is 267 Å². The molecule has 2 aromatic carbocycles. The largest absolute Gasteiger partial charge is 8.00 e. The molecule has 6 heterocycles. The third-order valence-corrected chi connectivity index (χ3v) is 7.68. The predicted molar refractivity (Wildman–Crippen MR) is 170 cm³/mol. The zero-order valence-corrected chi connectivity index (χ0v) is 26.0. The zero-order valence-electron chi connectivity index (χ0n) is 23.5. The molecule has 2 unspecified atom stereocenters. The molecule has 0 aromatic heterocycles. The van der Waals surface area contributed by atoms with Gasteiger partial charge in [-0.1, -0.05) is 111 Å². The van der Waals surface area contributed by atoms with Gasteiger partial charge in [0.15, 0.2) is 0 Å². The van der Waals surface area contributed by atoms with Crippen LogP contribution >= 0.6 is 0 Å². The van der Waals surface area contributed by atoms with Crippen molar-refractivity contribution in [1.29, 1.82) is 0 Å². The zero-order chi connectivity index (χ0) is 27.0. The summed E-state index contributed by atoms with van der Waals surface area (Å²) in [5, 5.41) is 31.3. The molecule has 0 saturated carbocycles. The molecule has 6 nitrogen and oxygen atoms in total. The third kappa shape index (κ3) is 7.65. The van der Waals surface area contributed by atoms with Crippen molar-refractivity contribution in [2.45, 2.75) is 50.6 Å². The first-order chi connectivity index (χ1) is 19.9. The molecule has 2 aromatic rings. The first kappa shape index (κ1) is 31.8. The number of hydrogen-bond donors (Lipinski definition) is 0. The van der Waals surface area contributed by atoms with Gasteiger partial charge < -0.3 is 44.3 Å². The van der Waals surface area contributed by atoms with Gasteiger partial charge >= 0.3 is 19.5 Å². The van der Waals surface area contributed by atoms with Gasteiger partial charge in [-0.3, -0.25) is 0 Å². The molecule has 0 bridgehead atoms. The van der Waals surface area contributed by atoms with Gasteiger partial charge in [0.25, 0.3) is 0 Å². The Balaban J connectivity index is 0.000000142. The molecular formula is C34H34ClN6Ru+. The van der Waals surface area contributed by atoms with E-state index in [1.165, 1.54) is 38.5 Å². The molecule has 2 saturated heterocycles. The van der Waals surface area contributed by atoms with E-state index < -0.39 is 0 Å². The van der Waals surface area contributed by atoms with Crippen LogP contribution in [0.5, 0.6) is 0 Å². The minimum Gasteiger partial charge on any atom is -1.00 e. The van der Waals surface area contributed by atoms with Crippen LogP contribution in [0.1, 0.15) is 38.5 Å². The minimum atomic E-state index is 0. The van der Waals surface area contributed by atoms with Crippen molar-refractivity contribution in [3.63, 3.8) is 0 Å². The Hall–Kier alpha value is -3.09. The van der Waals surface area contributed by atoms with Gasteiger partial charge in [0, 0.05) is 0 Å². The van der Waals surface area contributed by atoms with Gasteiger partial charge in [0.05, 0.1) is 0 Å². The number of hydrogen-bond acceptors (Lipinski definition) is 0. The van der Waals surface area contributed by atoms with E-state index in [4.69, 9.17) is 0 Å². The SMILES string of the molecule is C1=C[N-]c2c3c(ccc2=C1)=CC=C[N-]3.C1=C[N-]c2c3c(ccc2=C1)=CC=C[N-]3.C1CCC(C2CCCC[N-]2)[N-]C1.[Cl-].[Ru+8]. The van der Waals surface area contributed by atoms with Crippen molar-refractivity contribution >= 4 is 47.1 Å². The molecule has 2 atom stereocenters. The van der Waals surface area contributed by atoms with Gasteiger partial charge in [-0.25, -0.2) is 0 Å². The van der Waals surface area contributed by atoms with Crippen LogP contribution in [0.25, 0.3) is 56.2 Å². The standard InChI is InChI=1S/2C12H8N2.C10H18N2.ClH.Ru/c2*1-3-9-5-6-10-4-2-8-14-12(10)11(9)13-7-1;1-3-7-11-9(5-1)10-6-2-4-8-12-10;;/h2*1-8H;9-10H,1-8H2;1H;/q3*-2;;+8/p-1. The maximum atomic E-state index is 4.66. The summed E-state index contributed by atoms with van der Waals surface area (Å²) in [6.45, 7) is 2.19. The monoisotopic (exact) mass is 663 g/mol. The van der Waals surface area contributed by atoms with Crippen molar-refractivity contribution in [2.75, 3.05) is 13.1 Å². The van der Waals surface area contributed by atoms with Crippen LogP contribution in [0.3, 0.4) is 0 Å². The molecule has 0 spiro atoms. The summed E-state index contributed by atoms with van der Waals surface area (Å²) in [5.74, 6) is 0. The fraction of sp³-hybridized carbons (Fsp3) is 0.294. The minimum absolute atomic E-state index is 0. The Bertz CT molecular complexity index is 1360. The molecule has 42 heavy (non-hydrogen) atoms. The topological polar surface area (TPSA) is 84.6 Å². The number of nitrogens with zero attached hydrogens (tertiary/aromatic N) is 6. The molecule has 0 N–H and O–H groups in total. The average Bonchev–Trinajstić information content (AvgIpc) is 3.06. The van der Waals surface area contributed by atoms with Gasteiger partial charge in [-0.05, 0) is 20.9 Å². The van der Waals surface area contributed by atoms with E-state index in [1.54, 1.807) is 24.8 Å². The van der Waals surface area contributed by atoms with Crippen molar-refractivity contribution in [3.8, 4) is 0 Å². The summed E-state index contributed by atoms with van der Waals surface area (Å²) in [6, 6.07) is 9.50. The van der Waals surface area contributed by atoms with Crippen molar-refractivity contribution in [2.24, 2.45) is 0 Å². The van der Waals surface area contributed by atoms with Crippen LogP contribution in [0.2, 0.25) is 0 Å². The summed E-state index contributed by atoms with van der Waals surface area (Å²) < 4.78 is 0. The quantitative estimate of drug-likeness (QED) is 0.404. The number of allylic oxidation sites excluding steroid dienone is 4. The molecule has 8 rings (SSSR count). The van der Waals surface area contributed by atoms with E-state index in [2.05, 4.69) is 80.5 Å². The number of fused-ring (bicyclic) bond motifs is 6. The molecule has 8 heteroatoms. The summed E-state index contributed by atoms with van der Waals surface area (Å²) in [4.78, 5) is 0. The van der Waals surface area contributed by atoms with Gasteiger partial charge in [-0.2, -0.15) is 36.9 Å². The van der Waals surface area contributed by atoms with E-state index in [-0.39, 0.29) is 31.9 Å². The number of rotatable bonds is 1. The molecular weight excluding hydrogens is 629 g/mol. The second kappa shape index (κ2) is 15.9. The van der Waals surface area contributed by atoms with E-state index in [0.29, 0.717) is 12.1 Å². The summed E-state index contributed by atoms with van der Waals surface area (Å²) in [6.07, 6.45) is 31.2. The average molecular weight is 663 g/mol. The predicted octanol–water partition coefficient (Wildman–Crippen LogP) is 4.47. The fourth-order valence-corrected chi connectivity index (χ4v) is 5.61. The molecule has 0 amide bonds. The van der Waals surface area contributed by atoms with Crippen molar-refractivity contribution in [3.05, 3.63) is 126 Å². The molecule has 6 aliphatic rings. The van der Waals surface area contributed by atoms with Gasteiger partial charge in [0.1, 0.15) is 0 Å². The van der Waals surface area contributed by atoms with Crippen LogP contribution in [-0.4, -0.2) is 25.2 Å². The van der Waals surface area contributed by atoms with Crippen LogP contribution in [0.15, 0.2) is 73.4 Å². The molecule has 2 fully saturated rings. The maximum absolute atomic E-state index is 4.66. The summed E-state index contributed by atoms with van der Waals surface area (Å²) in [7, 11) is 0. The number of halogens is 1. The van der Waals surface area contributed by atoms with E-state index in [0.717, 1.165) is 56.7 Å². The van der Waals surface area contributed by atoms with Crippen LogP contribution < -0.4 is 33.3 Å². The third-order valence-electron chi connectivity index (χ3n) is 7.68. The second-order valence-corrected chi connectivity index (χ2v) is 10.4. The van der Waals surface area contributed by atoms with Crippen molar-refractivity contribution in [1.82, 2.24) is 0 Å². The van der Waals surface area contributed by atoms with Crippen LogP contribution in [0, 0.1) is 0 Å². The molecule has 0 aliphatic carbocycles. The van der Waals surface area contributed by atoms with E-state index in [9.17, 15) is 0 Å². The Kier molecular flexibility index (Phi) is 12.1. The van der Waals surface area contributed by atoms with E-state index >= 15 is 0 Å². The first-order valence-electron chi connectivity index (χ1n) is 14.4. The second-order valence-electron chi connectivity index (χ2n) is 10.4. The van der Waals surface area contributed by atoms with Crippen LogP contribution in [0.4, 0.5) is 22.7 Å². The molecule has 214 valence electrons. The first-order valence-corrected chi connectivity index (χ1v) is 14.4. The smallest absolute Gasteiger partial charge is 1.00 e. The molecule has 0 radical (unpaired) electrons. The summed E-state index contributed by atoms with van der Waals surface area (Å²) in [5.41, 5.74) is 3.91. The molecule has 6 aliphatic heterocycles. The van der Waals surface area contributed by atoms with Gasteiger partial charge in [-0.15, -0.1) is 35.8 Å². The Morgan fingerprint density at radius 2 is 0.762 bits per heavy atom. The summed E-state index contributed by atoms with van der Waals surface area (Å²) >= 11 is 0. The number of piperidine rings is 2. The number of benzene rings is 2. The van der Waals surface area contributed by atoms with Gasteiger partial charge in [0.2, 0.25) is 0 Å². The van der Waals surface area contributed by atoms with Crippen molar-refractivity contribution < 1.29 is 31.9 Å².